The second-order valence-corrected chi connectivity index (χ2v) is 3.67. The number of guanidine groups is 1. The summed E-state index contributed by atoms with van der Waals surface area (Å²) in [4.78, 5) is 3.88. The number of hydroxylamine groups is 1. The highest BCUT2D eigenvalue weighted by molar-refractivity contribution is 9.10. The van der Waals surface area contributed by atoms with Crippen LogP contribution in [0, 0.1) is 0 Å². The van der Waals surface area contributed by atoms with Crippen molar-refractivity contribution < 1.29 is 5.21 Å². The largest absolute Gasteiger partial charge is 0.368 e. The summed E-state index contributed by atoms with van der Waals surface area (Å²) in [5.74, 6) is 0.0436. The SMILES string of the molecule is Cl.NC(=NCCc1ccc(Br)cc1)NO. The lowest BCUT2D eigenvalue weighted by Crippen LogP contribution is -2.28. The van der Waals surface area contributed by atoms with Crippen molar-refractivity contribution in [3.63, 3.8) is 0 Å². The van der Waals surface area contributed by atoms with Crippen molar-refractivity contribution in [2.24, 2.45) is 10.7 Å². The second kappa shape index (κ2) is 7.50. The van der Waals surface area contributed by atoms with Crippen LogP contribution in [0.3, 0.4) is 0 Å². The fraction of sp³-hybridized carbons (Fsp3) is 0.222. The average Bonchev–Trinajstić information content (AvgIpc) is 2.21. The fourth-order valence-electron chi connectivity index (χ4n) is 0.992. The van der Waals surface area contributed by atoms with Crippen molar-refractivity contribution in [3.05, 3.63) is 34.3 Å². The van der Waals surface area contributed by atoms with Gasteiger partial charge in [0.05, 0.1) is 0 Å². The van der Waals surface area contributed by atoms with Crippen LogP contribution in [-0.2, 0) is 6.42 Å². The Balaban J connectivity index is 0.00000196. The van der Waals surface area contributed by atoms with Crippen molar-refractivity contribution in [1.82, 2.24) is 5.48 Å². The summed E-state index contributed by atoms with van der Waals surface area (Å²) in [6.07, 6.45) is 0.801. The highest BCUT2D eigenvalue weighted by Gasteiger charge is 1.92. The summed E-state index contributed by atoms with van der Waals surface area (Å²) in [6, 6.07) is 7.99. The van der Waals surface area contributed by atoms with Crippen LogP contribution < -0.4 is 11.2 Å². The molecule has 0 atom stereocenters. The number of halogens is 2. The third-order valence-corrected chi connectivity index (χ3v) is 2.24. The molecule has 0 fully saturated rings. The molecule has 0 aliphatic heterocycles. The van der Waals surface area contributed by atoms with Crippen LogP contribution in [0.15, 0.2) is 33.7 Å². The van der Waals surface area contributed by atoms with Gasteiger partial charge in [0.25, 0.3) is 0 Å². The zero-order valence-corrected chi connectivity index (χ0v) is 10.4. The second-order valence-electron chi connectivity index (χ2n) is 2.76. The summed E-state index contributed by atoms with van der Waals surface area (Å²) in [6.45, 7) is 0.557. The molecule has 15 heavy (non-hydrogen) atoms. The van der Waals surface area contributed by atoms with Crippen LogP contribution >= 0.6 is 28.3 Å². The molecular formula is C9H13BrClN3O. The van der Waals surface area contributed by atoms with Gasteiger partial charge in [-0.2, -0.15) is 0 Å². The smallest absolute Gasteiger partial charge is 0.212 e. The summed E-state index contributed by atoms with van der Waals surface area (Å²) in [5.41, 5.74) is 8.21. The fourth-order valence-corrected chi connectivity index (χ4v) is 1.26. The van der Waals surface area contributed by atoms with Gasteiger partial charge in [0, 0.05) is 11.0 Å². The van der Waals surface area contributed by atoms with E-state index in [0.29, 0.717) is 6.54 Å². The first-order valence-electron chi connectivity index (χ1n) is 4.17. The van der Waals surface area contributed by atoms with Crippen LogP contribution in [0.25, 0.3) is 0 Å². The molecule has 0 spiro atoms. The van der Waals surface area contributed by atoms with Gasteiger partial charge in [-0.15, -0.1) is 12.4 Å². The van der Waals surface area contributed by atoms with Gasteiger partial charge in [-0.1, -0.05) is 28.1 Å². The molecule has 84 valence electrons. The molecule has 0 amide bonds. The molecule has 0 aliphatic carbocycles. The van der Waals surface area contributed by atoms with Gasteiger partial charge in [-0.3, -0.25) is 10.2 Å². The van der Waals surface area contributed by atoms with Gasteiger partial charge >= 0.3 is 0 Å². The van der Waals surface area contributed by atoms with E-state index in [4.69, 9.17) is 10.9 Å². The predicted octanol–water partition coefficient (Wildman–Crippen LogP) is 1.71. The number of nitrogens with two attached hydrogens (primary N) is 1. The molecule has 0 saturated carbocycles. The quantitative estimate of drug-likeness (QED) is 0.451. The predicted molar refractivity (Wildman–Crippen MR) is 66.5 cm³/mol. The minimum absolute atomic E-state index is 0. The minimum Gasteiger partial charge on any atom is -0.368 e. The number of aliphatic imine (C=N–C) groups is 1. The van der Waals surface area contributed by atoms with E-state index in [2.05, 4.69) is 20.9 Å². The van der Waals surface area contributed by atoms with E-state index in [1.165, 1.54) is 5.56 Å². The van der Waals surface area contributed by atoms with Crippen LogP contribution in [0.5, 0.6) is 0 Å². The van der Waals surface area contributed by atoms with Gasteiger partial charge < -0.3 is 5.73 Å². The van der Waals surface area contributed by atoms with Crippen LogP contribution in [0.2, 0.25) is 0 Å². The van der Waals surface area contributed by atoms with Crippen LogP contribution in [0.1, 0.15) is 5.56 Å². The first-order valence-corrected chi connectivity index (χ1v) is 4.96. The molecule has 1 aromatic carbocycles. The van der Waals surface area contributed by atoms with Gasteiger partial charge in [0.2, 0.25) is 5.96 Å². The Hall–Kier alpha value is -0.780. The summed E-state index contributed by atoms with van der Waals surface area (Å²) < 4.78 is 1.06. The molecule has 0 radical (unpaired) electrons. The van der Waals surface area contributed by atoms with Crippen molar-refractivity contribution in [1.29, 1.82) is 0 Å². The van der Waals surface area contributed by atoms with E-state index in [1.54, 1.807) is 5.48 Å². The topological polar surface area (TPSA) is 70.6 Å². The lowest BCUT2D eigenvalue weighted by atomic mass is 10.2. The minimum atomic E-state index is 0. The molecule has 4 N–H and O–H groups in total. The number of benzene rings is 1. The summed E-state index contributed by atoms with van der Waals surface area (Å²) in [7, 11) is 0. The van der Waals surface area contributed by atoms with Crippen molar-refractivity contribution >= 4 is 34.3 Å². The van der Waals surface area contributed by atoms with Crippen LogP contribution in [-0.4, -0.2) is 17.7 Å². The zero-order chi connectivity index (χ0) is 10.4. The molecular weight excluding hydrogens is 281 g/mol. The standard InChI is InChI=1S/C9H12BrN3O.ClH/c10-8-3-1-7(2-4-8)5-6-12-9(11)13-14;/h1-4,14H,5-6H2,(H3,11,12,13);1H. The first-order chi connectivity index (χ1) is 6.72. The Labute approximate surface area is 103 Å². The van der Waals surface area contributed by atoms with Crippen molar-refractivity contribution in [3.8, 4) is 0 Å². The molecule has 4 nitrogen and oxygen atoms in total. The van der Waals surface area contributed by atoms with Crippen molar-refractivity contribution in [2.75, 3.05) is 6.54 Å². The maximum absolute atomic E-state index is 8.36. The van der Waals surface area contributed by atoms with Gasteiger partial charge in [-0.05, 0) is 24.1 Å². The maximum atomic E-state index is 8.36. The molecule has 1 aromatic rings. The summed E-state index contributed by atoms with van der Waals surface area (Å²) in [5, 5.41) is 8.36. The van der Waals surface area contributed by atoms with E-state index < -0.39 is 0 Å². The Kier molecular flexibility index (Phi) is 7.11. The van der Waals surface area contributed by atoms with Crippen molar-refractivity contribution in [2.45, 2.75) is 6.42 Å². The number of nitrogens with one attached hydrogen (secondary N) is 1. The molecule has 0 aliphatic rings. The number of rotatable bonds is 3. The Morgan fingerprint density at radius 3 is 2.53 bits per heavy atom. The molecule has 6 heteroatoms. The average molecular weight is 295 g/mol. The zero-order valence-electron chi connectivity index (χ0n) is 7.98. The Morgan fingerprint density at radius 1 is 1.40 bits per heavy atom. The molecule has 0 bridgehead atoms. The molecule has 0 heterocycles. The van der Waals surface area contributed by atoms with Gasteiger partial charge in [0.1, 0.15) is 0 Å². The highest BCUT2D eigenvalue weighted by atomic mass is 79.9. The van der Waals surface area contributed by atoms with Gasteiger partial charge in [-0.25, -0.2) is 5.48 Å². The number of hydrogen-bond donors (Lipinski definition) is 3. The van der Waals surface area contributed by atoms with Crippen LogP contribution in [0.4, 0.5) is 0 Å². The van der Waals surface area contributed by atoms with E-state index in [0.717, 1.165) is 10.9 Å². The number of nitrogens with zero attached hydrogens (tertiary/aromatic N) is 1. The lowest BCUT2D eigenvalue weighted by Gasteiger charge is -1.99. The highest BCUT2D eigenvalue weighted by Crippen LogP contribution is 2.10. The van der Waals surface area contributed by atoms with E-state index in [9.17, 15) is 0 Å². The number of hydrogen-bond acceptors (Lipinski definition) is 2. The Bertz CT molecular complexity index is 316. The third-order valence-electron chi connectivity index (χ3n) is 1.71. The Morgan fingerprint density at radius 2 is 2.00 bits per heavy atom. The lowest BCUT2D eigenvalue weighted by molar-refractivity contribution is 0.232. The maximum Gasteiger partial charge on any atom is 0.212 e. The van der Waals surface area contributed by atoms with E-state index >= 15 is 0 Å². The normalized spacial score (nSPS) is 10.7. The van der Waals surface area contributed by atoms with Gasteiger partial charge in [0.15, 0.2) is 0 Å². The first kappa shape index (κ1) is 14.2. The summed E-state index contributed by atoms with van der Waals surface area (Å²) >= 11 is 3.36. The molecule has 0 aromatic heterocycles. The molecule has 0 unspecified atom stereocenters. The third kappa shape index (κ3) is 5.61. The molecule has 0 saturated heterocycles. The molecule has 1 rings (SSSR count). The van der Waals surface area contributed by atoms with E-state index in [-0.39, 0.29) is 18.4 Å². The van der Waals surface area contributed by atoms with E-state index in [1.807, 2.05) is 24.3 Å². The monoisotopic (exact) mass is 293 g/mol.